The van der Waals surface area contributed by atoms with Gasteiger partial charge in [-0.05, 0) is 53.8 Å². The van der Waals surface area contributed by atoms with Crippen LogP contribution in [0.25, 0.3) is 11.3 Å². The number of primary amides is 1. The van der Waals surface area contributed by atoms with Gasteiger partial charge in [0.05, 0.1) is 10.4 Å². The summed E-state index contributed by atoms with van der Waals surface area (Å²) in [5.74, 6) is 0.990. The van der Waals surface area contributed by atoms with E-state index in [0.29, 0.717) is 22.3 Å². The van der Waals surface area contributed by atoms with Gasteiger partial charge < -0.3 is 15.2 Å². The molecule has 4 aromatic rings. The maximum Gasteiger partial charge on any atom is 0.259 e. The molecule has 0 atom stereocenters. The molecule has 0 aliphatic heterocycles. The van der Waals surface area contributed by atoms with Crippen molar-refractivity contribution in [3.05, 3.63) is 82.4 Å². The van der Waals surface area contributed by atoms with Crippen LogP contribution in [0, 0.1) is 0 Å². The van der Waals surface area contributed by atoms with Gasteiger partial charge in [0.15, 0.2) is 5.06 Å². The van der Waals surface area contributed by atoms with Crippen molar-refractivity contribution in [1.29, 1.82) is 0 Å². The van der Waals surface area contributed by atoms with Gasteiger partial charge in [0, 0.05) is 13.2 Å². The fraction of sp³-hybridized carbons (Fsp3) is 0.167. The summed E-state index contributed by atoms with van der Waals surface area (Å²) in [7, 11) is 1.90. The number of carbonyl (C=O) groups is 1. The lowest BCUT2D eigenvalue weighted by atomic mass is 9.92. The Kier molecular flexibility index (Phi) is 4.95. The normalized spacial score (nSPS) is 12.2. The molecule has 1 aliphatic rings. The van der Waals surface area contributed by atoms with Crippen LogP contribution in [0.1, 0.15) is 26.4 Å². The molecule has 1 aliphatic carbocycles. The summed E-state index contributed by atoms with van der Waals surface area (Å²) >= 11 is 1.29. The van der Waals surface area contributed by atoms with Crippen molar-refractivity contribution in [2.24, 2.45) is 12.8 Å². The van der Waals surface area contributed by atoms with Crippen LogP contribution in [0.3, 0.4) is 0 Å². The smallest absolute Gasteiger partial charge is 0.259 e. The Bertz CT molecular complexity index is 1240. The number of aromatic nitrogens is 2. The Labute approximate surface area is 183 Å². The molecule has 6 nitrogen and oxygen atoms in total. The number of thiophene rings is 1. The van der Waals surface area contributed by atoms with Gasteiger partial charge in [0.1, 0.15) is 23.8 Å². The molecule has 0 unspecified atom stereocenters. The molecule has 5 rings (SSSR count). The standard InChI is InChI=1S/C24H21N3O3S/c1-27-13-16-7-12-19-20(21(16)26-27)24(31-22(19)23(25)28)30-18-10-8-17(9-11-18)29-14-15-5-3-2-4-6-15/h2-6,8-11,13H,7,12,14H2,1H3,(H2,25,28). The van der Waals surface area contributed by atoms with Crippen molar-refractivity contribution >= 4 is 17.2 Å². The van der Waals surface area contributed by atoms with Crippen molar-refractivity contribution in [1.82, 2.24) is 9.78 Å². The highest BCUT2D eigenvalue weighted by molar-refractivity contribution is 7.16. The summed E-state index contributed by atoms with van der Waals surface area (Å²) in [5, 5.41) is 5.25. The van der Waals surface area contributed by atoms with Gasteiger partial charge in [-0.1, -0.05) is 41.7 Å². The Morgan fingerprint density at radius 3 is 2.58 bits per heavy atom. The first-order valence-electron chi connectivity index (χ1n) is 10.0. The quantitative estimate of drug-likeness (QED) is 0.479. The van der Waals surface area contributed by atoms with Crippen LogP contribution in [0.4, 0.5) is 0 Å². The van der Waals surface area contributed by atoms with E-state index in [-0.39, 0.29) is 0 Å². The minimum Gasteiger partial charge on any atom is -0.489 e. The van der Waals surface area contributed by atoms with E-state index in [1.54, 1.807) is 4.68 Å². The predicted molar refractivity (Wildman–Crippen MR) is 120 cm³/mol. The highest BCUT2D eigenvalue weighted by Crippen LogP contribution is 2.48. The molecule has 0 saturated carbocycles. The molecule has 2 heterocycles. The molecule has 0 bridgehead atoms. The molecule has 31 heavy (non-hydrogen) atoms. The number of hydrogen-bond acceptors (Lipinski definition) is 5. The first-order valence-corrected chi connectivity index (χ1v) is 10.8. The Hall–Kier alpha value is -3.58. The van der Waals surface area contributed by atoms with Gasteiger partial charge in [-0.25, -0.2) is 0 Å². The average Bonchev–Trinajstić information content (AvgIpc) is 3.33. The Morgan fingerprint density at radius 1 is 1.10 bits per heavy atom. The molecular formula is C24H21N3O3S. The molecule has 0 saturated heterocycles. The fourth-order valence-electron chi connectivity index (χ4n) is 3.83. The summed E-state index contributed by atoms with van der Waals surface area (Å²) in [5.41, 5.74) is 10.6. The number of benzene rings is 2. The first kappa shape index (κ1) is 19.4. The van der Waals surface area contributed by atoms with E-state index in [0.717, 1.165) is 46.5 Å². The third-order valence-electron chi connectivity index (χ3n) is 5.27. The second kappa shape index (κ2) is 7.92. The number of nitrogens with two attached hydrogens (primary N) is 1. The second-order valence-corrected chi connectivity index (χ2v) is 8.44. The Balaban J connectivity index is 1.40. The Morgan fingerprint density at radius 2 is 1.84 bits per heavy atom. The van der Waals surface area contributed by atoms with E-state index in [4.69, 9.17) is 15.2 Å². The van der Waals surface area contributed by atoms with Crippen molar-refractivity contribution < 1.29 is 14.3 Å². The zero-order chi connectivity index (χ0) is 21.4. The third-order valence-corrected chi connectivity index (χ3v) is 6.39. The molecule has 1 amide bonds. The molecule has 2 N–H and O–H groups in total. The maximum absolute atomic E-state index is 12.0. The molecule has 0 spiro atoms. The highest BCUT2D eigenvalue weighted by atomic mass is 32.1. The number of aryl methyl sites for hydroxylation is 2. The van der Waals surface area contributed by atoms with Gasteiger partial charge in [-0.3, -0.25) is 9.48 Å². The maximum atomic E-state index is 12.0. The minimum atomic E-state index is -0.430. The molecule has 0 radical (unpaired) electrons. The van der Waals surface area contributed by atoms with E-state index in [2.05, 4.69) is 5.10 Å². The van der Waals surface area contributed by atoms with E-state index >= 15 is 0 Å². The number of carbonyl (C=O) groups excluding carboxylic acids is 1. The first-order chi connectivity index (χ1) is 15.1. The monoisotopic (exact) mass is 431 g/mol. The van der Waals surface area contributed by atoms with Crippen LogP contribution < -0.4 is 15.2 Å². The second-order valence-electron chi connectivity index (χ2n) is 7.46. The van der Waals surface area contributed by atoms with Gasteiger partial charge >= 0.3 is 0 Å². The van der Waals surface area contributed by atoms with Crippen molar-refractivity contribution in [3.63, 3.8) is 0 Å². The number of rotatable bonds is 6. The molecule has 156 valence electrons. The van der Waals surface area contributed by atoms with Crippen molar-refractivity contribution in [2.75, 3.05) is 0 Å². The van der Waals surface area contributed by atoms with Crippen LogP contribution in [-0.2, 0) is 26.5 Å². The fourth-order valence-corrected chi connectivity index (χ4v) is 4.91. The van der Waals surface area contributed by atoms with E-state index in [1.165, 1.54) is 11.3 Å². The predicted octanol–water partition coefficient (Wildman–Crippen LogP) is 4.72. The van der Waals surface area contributed by atoms with Crippen molar-refractivity contribution in [3.8, 4) is 27.8 Å². The molecular weight excluding hydrogens is 410 g/mol. The zero-order valence-corrected chi connectivity index (χ0v) is 17.8. The number of fused-ring (bicyclic) bond motifs is 3. The SMILES string of the molecule is Cn1cc2c(n1)-c1c(Oc3ccc(OCc4ccccc4)cc3)sc(C(N)=O)c1CC2. The summed E-state index contributed by atoms with van der Waals surface area (Å²) in [6, 6.07) is 17.5. The number of ether oxygens (including phenoxy) is 2. The molecule has 2 aromatic carbocycles. The number of nitrogens with zero attached hydrogens (tertiary/aromatic N) is 2. The van der Waals surface area contributed by atoms with E-state index in [9.17, 15) is 4.79 Å². The van der Waals surface area contributed by atoms with Crippen LogP contribution in [0.5, 0.6) is 16.6 Å². The third kappa shape index (κ3) is 3.80. The zero-order valence-electron chi connectivity index (χ0n) is 17.0. The number of hydrogen-bond donors (Lipinski definition) is 1. The van der Waals surface area contributed by atoms with Crippen LogP contribution >= 0.6 is 11.3 Å². The van der Waals surface area contributed by atoms with E-state index < -0.39 is 5.91 Å². The van der Waals surface area contributed by atoms with Gasteiger partial charge in [0.2, 0.25) is 0 Å². The minimum absolute atomic E-state index is 0.430. The largest absolute Gasteiger partial charge is 0.489 e. The summed E-state index contributed by atoms with van der Waals surface area (Å²) in [6.07, 6.45) is 3.60. The summed E-state index contributed by atoms with van der Waals surface area (Å²) < 4.78 is 13.8. The van der Waals surface area contributed by atoms with Crippen LogP contribution in [0.15, 0.2) is 60.8 Å². The number of amides is 1. The average molecular weight is 432 g/mol. The van der Waals surface area contributed by atoms with E-state index in [1.807, 2.05) is 67.8 Å². The van der Waals surface area contributed by atoms with Crippen LogP contribution in [0.2, 0.25) is 0 Å². The van der Waals surface area contributed by atoms with Crippen molar-refractivity contribution in [2.45, 2.75) is 19.4 Å². The summed E-state index contributed by atoms with van der Waals surface area (Å²) in [4.78, 5) is 12.6. The topological polar surface area (TPSA) is 79.4 Å². The van der Waals surface area contributed by atoms with Gasteiger partial charge in [0.25, 0.3) is 5.91 Å². The highest BCUT2D eigenvalue weighted by Gasteiger charge is 2.30. The van der Waals surface area contributed by atoms with Gasteiger partial charge in [-0.15, -0.1) is 0 Å². The van der Waals surface area contributed by atoms with Gasteiger partial charge in [-0.2, -0.15) is 5.10 Å². The summed E-state index contributed by atoms with van der Waals surface area (Å²) in [6.45, 7) is 0.504. The molecule has 2 aromatic heterocycles. The lowest BCUT2D eigenvalue weighted by Gasteiger charge is -2.14. The lowest BCUT2D eigenvalue weighted by Crippen LogP contribution is -2.13. The molecule has 0 fully saturated rings. The van der Waals surface area contributed by atoms with Crippen LogP contribution in [-0.4, -0.2) is 15.7 Å². The molecule has 7 heteroatoms. The lowest BCUT2D eigenvalue weighted by molar-refractivity contribution is 0.100.